The topological polar surface area (TPSA) is 98.7 Å². The highest BCUT2D eigenvalue weighted by Gasteiger charge is 2.32. The van der Waals surface area contributed by atoms with Gasteiger partial charge in [-0.15, -0.1) is 0 Å². The Morgan fingerprint density at radius 1 is 1.35 bits per heavy atom. The van der Waals surface area contributed by atoms with E-state index in [0.717, 1.165) is 6.07 Å². The van der Waals surface area contributed by atoms with Crippen molar-refractivity contribution in [3.63, 3.8) is 0 Å². The van der Waals surface area contributed by atoms with E-state index in [0.29, 0.717) is 0 Å². The lowest BCUT2D eigenvalue weighted by Crippen LogP contribution is -2.49. The van der Waals surface area contributed by atoms with E-state index in [1.54, 1.807) is 20.8 Å². The lowest BCUT2D eigenvalue weighted by molar-refractivity contribution is -0.137. The third-order valence-electron chi connectivity index (χ3n) is 3.44. The van der Waals surface area contributed by atoms with Crippen LogP contribution in [0.15, 0.2) is 24.3 Å². The van der Waals surface area contributed by atoms with Crippen molar-refractivity contribution in [3.05, 3.63) is 35.6 Å². The van der Waals surface area contributed by atoms with Gasteiger partial charge < -0.3 is 20.8 Å². The number of aliphatic hydroxyl groups excluding tert-OH is 2. The van der Waals surface area contributed by atoms with Gasteiger partial charge in [0.15, 0.2) is 0 Å². The molecular formula is C16H23FN2O4. The quantitative estimate of drug-likeness (QED) is 0.584. The van der Waals surface area contributed by atoms with Crippen molar-refractivity contribution in [2.45, 2.75) is 32.9 Å². The third kappa shape index (κ3) is 5.61. The normalized spacial score (nSPS) is 14.0. The molecule has 2 atom stereocenters. The van der Waals surface area contributed by atoms with Gasteiger partial charge in [-0.25, -0.2) is 4.39 Å². The molecule has 0 aliphatic carbocycles. The highest BCUT2D eigenvalue weighted by molar-refractivity contribution is 5.94. The number of hydrogen-bond acceptors (Lipinski definition) is 4. The lowest BCUT2D eigenvalue weighted by Gasteiger charge is -2.27. The monoisotopic (exact) mass is 326 g/mol. The van der Waals surface area contributed by atoms with Gasteiger partial charge >= 0.3 is 0 Å². The summed E-state index contributed by atoms with van der Waals surface area (Å²) in [6.45, 7) is 4.55. The first-order valence-corrected chi connectivity index (χ1v) is 7.30. The van der Waals surface area contributed by atoms with E-state index in [2.05, 4.69) is 10.6 Å². The summed E-state index contributed by atoms with van der Waals surface area (Å²) >= 11 is 0. The van der Waals surface area contributed by atoms with E-state index in [1.807, 2.05) is 0 Å². The highest BCUT2D eigenvalue weighted by Crippen LogP contribution is 2.19. The Balaban J connectivity index is 2.49. The van der Waals surface area contributed by atoms with Crippen molar-refractivity contribution in [3.8, 4) is 0 Å². The Labute approximate surface area is 134 Å². The Kier molecular flexibility index (Phi) is 6.65. The second kappa shape index (κ2) is 8.03. The van der Waals surface area contributed by atoms with Crippen LogP contribution < -0.4 is 10.6 Å². The van der Waals surface area contributed by atoms with E-state index >= 15 is 0 Å². The molecule has 6 nitrogen and oxygen atoms in total. The molecule has 1 aromatic rings. The maximum atomic E-state index is 13.1. The molecule has 23 heavy (non-hydrogen) atoms. The minimum Gasteiger partial charge on any atom is -0.396 e. The van der Waals surface area contributed by atoms with Crippen LogP contribution in [0, 0.1) is 11.2 Å². The molecule has 1 rings (SSSR count). The molecule has 0 aliphatic heterocycles. The highest BCUT2D eigenvalue weighted by atomic mass is 19.1. The number of rotatable bonds is 7. The molecule has 4 N–H and O–H groups in total. The first-order chi connectivity index (χ1) is 10.7. The second-order valence-corrected chi connectivity index (χ2v) is 6.18. The summed E-state index contributed by atoms with van der Waals surface area (Å²) in [6.07, 6.45) is -1.36. The second-order valence-electron chi connectivity index (χ2n) is 6.18. The lowest BCUT2D eigenvalue weighted by atomic mass is 9.87. The Morgan fingerprint density at radius 2 is 2.00 bits per heavy atom. The number of nitrogens with one attached hydrogen (secondary N) is 2. The van der Waals surface area contributed by atoms with Gasteiger partial charge in [0.25, 0.3) is 5.91 Å². The first kappa shape index (κ1) is 19.1. The summed E-state index contributed by atoms with van der Waals surface area (Å²) in [4.78, 5) is 23.7. The smallest absolute Gasteiger partial charge is 0.251 e. The average Bonchev–Trinajstić information content (AvgIpc) is 2.51. The van der Waals surface area contributed by atoms with Crippen LogP contribution in [-0.4, -0.2) is 47.3 Å². The number of amides is 2. The third-order valence-corrected chi connectivity index (χ3v) is 3.44. The average molecular weight is 326 g/mol. The van der Waals surface area contributed by atoms with Gasteiger partial charge in [0, 0.05) is 23.6 Å². The summed E-state index contributed by atoms with van der Waals surface area (Å²) < 4.78 is 13.1. The SMILES string of the molecule is C[C@@H](CNC(=O)[C@H](O)C(C)(C)CO)NC(=O)c1cccc(F)c1. The van der Waals surface area contributed by atoms with Crippen LogP contribution in [0.3, 0.4) is 0 Å². The van der Waals surface area contributed by atoms with Crippen molar-refractivity contribution in [2.24, 2.45) is 5.41 Å². The summed E-state index contributed by atoms with van der Waals surface area (Å²) in [5.41, 5.74) is -0.775. The fourth-order valence-corrected chi connectivity index (χ4v) is 1.78. The molecular weight excluding hydrogens is 303 g/mol. The van der Waals surface area contributed by atoms with E-state index in [1.165, 1.54) is 18.2 Å². The Bertz CT molecular complexity index is 563. The molecule has 0 saturated heterocycles. The van der Waals surface area contributed by atoms with Crippen LogP contribution >= 0.6 is 0 Å². The molecule has 0 radical (unpaired) electrons. The van der Waals surface area contributed by atoms with Crippen molar-refractivity contribution in [1.29, 1.82) is 0 Å². The molecule has 0 aliphatic rings. The zero-order valence-corrected chi connectivity index (χ0v) is 13.5. The van der Waals surface area contributed by atoms with E-state index in [9.17, 15) is 19.1 Å². The summed E-state index contributed by atoms with van der Waals surface area (Å²) in [7, 11) is 0. The molecule has 7 heteroatoms. The molecule has 0 heterocycles. The zero-order chi connectivity index (χ0) is 17.6. The first-order valence-electron chi connectivity index (χ1n) is 7.30. The molecule has 2 amide bonds. The van der Waals surface area contributed by atoms with E-state index < -0.39 is 35.2 Å². The molecule has 0 saturated carbocycles. The summed E-state index contributed by atoms with van der Waals surface area (Å²) in [6, 6.07) is 4.86. The molecule has 0 unspecified atom stereocenters. The van der Waals surface area contributed by atoms with E-state index in [4.69, 9.17) is 5.11 Å². The molecule has 128 valence electrons. The van der Waals surface area contributed by atoms with Gasteiger partial charge in [0.05, 0.1) is 6.61 Å². The molecule has 0 fully saturated rings. The van der Waals surface area contributed by atoms with Gasteiger partial charge in [-0.2, -0.15) is 0 Å². The summed E-state index contributed by atoms with van der Waals surface area (Å²) in [5, 5.41) is 24.1. The molecule has 0 spiro atoms. The van der Waals surface area contributed by atoms with E-state index in [-0.39, 0.29) is 18.7 Å². The predicted molar refractivity (Wildman–Crippen MR) is 83.2 cm³/mol. The van der Waals surface area contributed by atoms with Gasteiger partial charge in [0.1, 0.15) is 11.9 Å². The number of hydrogen-bond donors (Lipinski definition) is 4. The van der Waals surface area contributed by atoms with Crippen LogP contribution in [0.5, 0.6) is 0 Å². The van der Waals surface area contributed by atoms with Crippen LogP contribution in [0.1, 0.15) is 31.1 Å². The number of carbonyl (C=O) groups excluding carboxylic acids is 2. The molecule has 0 bridgehead atoms. The minimum atomic E-state index is -1.36. The van der Waals surface area contributed by atoms with Crippen molar-refractivity contribution >= 4 is 11.8 Å². The van der Waals surface area contributed by atoms with Gasteiger partial charge in [-0.3, -0.25) is 9.59 Å². The van der Waals surface area contributed by atoms with Crippen molar-refractivity contribution in [2.75, 3.05) is 13.2 Å². The largest absolute Gasteiger partial charge is 0.396 e. The van der Waals surface area contributed by atoms with Crippen LogP contribution in [0.2, 0.25) is 0 Å². The number of benzene rings is 1. The summed E-state index contributed by atoms with van der Waals surface area (Å²) in [5.74, 6) is -1.59. The Hall–Kier alpha value is -1.99. The van der Waals surface area contributed by atoms with Crippen molar-refractivity contribution < 1.29 is 24.2 Å². The van der Waals surface area contributed by atoms with Crippen LogP contribution in [-0.2, 0) is 4.79 Å². The Morgan fingerprint density at radius 3 is 2.57 bits per heavy atom. The molecule has 1 aromatic carbocycles. The van der Waals surface area contributed by atoms with Crippen molar-refractivity contribution in [1.82, 2.24) is 10.6 Å². The maximum absolute atomic E-state index is 13.1. The number of carbonyl (C=O) groups is 2. The predicted octanol–water partition coefficient (Wildman–Crippen LogP) is 0.440. The van der Waals surface area contributed by atoms with Gasteiger partial charge in [0.2, 0.25) is 5.91 Å². The number of aliphatic hydroxyl groups is 2. The van der Waals surface area contributed by atoms with Crippen LogP contribution in [0.25, 0.3) is 0 Å². The van der Waals surface area contributed by atoms with Gasteiger partial charge in [-0.05, 0) is 25.1 Å². The standard InChI is InChI=1S/C16H23FN2O4/c1-10(8-18-15(23)13(21)16(2,3)9-20)19-14(22)11-5-4-6-12(17)7-11/h4-7,10,13,20-21H,8-9H2,1-3H3,(H,18,23)(H,19,22)/t10-,13-/m0/s1. The van der Waals surface area contributed by atoms with Gasteiger partial charge in [-0.1, -0.05) is 19.9 Å². The molecule has 0 aromatic heterocycles. The maximum Gasteiger partial charge on any atom is 0.251 e. The fraction of sp³-hybridized carbons (Fsp3) is 0.500. The van der Waals surface area contributed by atoms with Crippen LogP contribution in [0.4, 0.5) is 4.39 Å². The zero-order valence-electron chi connectivity index (χ0n) is 13.5. The minimum absolute atomic E-state index is 0.0957. The number of halogens is 1. The fourth-order valence-electron chi connectivity index (χ4n) is 1.78.